The second-order valence-electron chi connectivity index (χ2n) is 4.96. The number of benzene rings is 1. The van der Waals surface area contributed by atoms with Crippen LogP contribution in [0.3, 0.4) is 0 Å². The van der Waals surface area contributed by atoms with Crippen LogP contribution in [0.2, 0.25) is 0 Å². The molecule has 0 bridgehead atoms. The number of Topliss-reactive ketones (excluding diaryl/α,β-unsaturated/α-hetero) is 1. The molecule has 2 rings (SSSR count). The molecule has 0 aliphatic carbocycles. The second-order valence-corrected chi connectivity index (χ2v) is 7.93. The Morgan fingerprint density at radius 3 is 2.81 bits per heavy atom. The molecule has 1 unspecified atom stereocenters. The van der Waals surface area contributed by atoms with Crippen molar-refractivity contribution in [1.29, 1.82) is 0 Å². The molecule has 1 aliphatic heterocycles. The van der Waals surface area contributed by atoms with Crippen molar-refractivity contribution in [3.63, 3.8) is 0 Å². The van der Waals surface area contributed by atoms with E-state index >= 15 is 0 Å². The summed E-state index contributed by atoms with van der Waals surface area (Å²) >= 11 is 3.28. The lowest BCUT2D eigenvalue weighted by Gasteiger charge is -2.10. The first kappa shape index (κ1) is 16.5. The van der Waals surface area contributed by atoms with Gasteiger partial charge in [-0.2, -0.15) is 0 Å². The summed E-state index contributed by atoms with van der Waals surface area (Å²) in [4.78, 5) is 12.1. The van der Waals surface area contributed by atoms with Crippen LogP contribution in [0.25, 0.3) is 0 Å². The van der Waals surface area contributed by atoms with Crippen LogP contribution in [0, 0.1) is 0 Å². The van der Waals surface area contributed by atoms with Crippen molar-refractivity contribution in [2.45, 2.75) is 18.9 Å². The lowest BCUT2D eigenvalue weighted by Crippen LogP contribution is -2.26. The average Bonchev–Trinajstić information content (AvgIpc) is 2.90. The molecular weight excluding hydrogens is 360 g/mol. The van der Waals surface area contributed by atoms with Gasteiger partial charge in [-0.1, -0.05) is 0 Å². The lowest BCUT2D eigenvalue weighted by molar-refractivity contribution is 0.102. The molecule has 0 amide bonds. The van der Waals surface area contributed by atoms with Crippen LogP contribution >= 0.6 is 15.9 Å². The van der Waals surface area contributed by atoms with Crippen LogP contribution in [0.15, 0.2) is 22.7 Å². The third kappa shape index (κ3) is 4.52. The molecule has 116 valence electrons. The Morgan fingerprint density at radius 2 is 2.24 bits per heavy atom. The maximum Gasteiger partial charge on any atom is 0.177 e. The molecule has 1 aromatic rings. The Balaban J connectivity index is 2.04. The Morgan fingerprint density at radius 1 is 1.48 bits per heavy atom. The van der Waals surface area contributed by atoms with Gasteiger partial charge in [0, 0.05) is 12.2 Å². The fourth-order valence-electron chi connectivity index (χ4n) is 2.24. The van der Waals surface area contributed by atoms with E-state index in [9.17, 15) is 13.2 Å². The van der Waals surface area contributed by atoms with Crippen molar-refractivity contribution in [3.8, 4) is 5.75 Å². The van der Waals surface area contributed by atoms with Gasteiger partial charge in [0.05, 0.1) is 23.4 Å². The van der Waals surface area contributed by atoms with Gasteiger partial charge in [0.1, 0.15) is 11.5 Å². The van der Waals surface area contributed by atoms with Gasteiger partial charge in [-0.3, -0.25) is 4.79 Å². The lowest BCUT2D eigenvalue weighted by atomic mass is 10.1. The van der Waals surface area contributed by atoms with Crippen molar-refractivity contribution in [3.05, 3.63) is 28.2 Å². The quantitative estimate of drug-likeness (QED) is 0.712. The smallest absolute Gasteiger partial charge is 0.177 e. The molecule has 0 N–H and O–H groups in total. The van der Waals surface area contributed by atoms with Crippen LogP contribution in [0.4, 0.5) is 0 Å². The third-order valence-electron chi connectivity index (χ3n) is 3.29. The number of halogens is 1. The van der Waals surface area contributed by atoms with Gasteiger partial charge in [0.25, 0.3) is 0 Å². The fourth-order valence-corrected chi connectivity index (χ4v) is 4.29. The summed E-state index contributed by atoms with van der Waals surface area (Å²) in [6.45, 7) is 0.597. The van der Waals surface area contributed by atoms with Gasteiger partial charge in [-0.15, -0.1) is 0 Å². The fraction of sp³-hybridized carbons (Fsp3) is 0.500. The first-order valence-electron chi connectivity index (χ1n) is 6.60. The van der Waals surface area contributed by atoms with E-state index in [1.54, 1.807) is 18.2 Å². The van der Waals surface area contributed by atoms with Crippen LogP contribution in [0.1, 0.15) is 23.2 Å². The summed E-state index contributed by atoms with van der Waals surface area (Å²) in [6, 6.07) is 4.76. The largest absolute Gasteiger partial charge is 0.496 e. The van der Waals surface area contributed by atoms with Gasteiger partial charge in [-0.05, 0) is 47.0 Å². The summed E-state index contributed by atoms with van der Waals surface area (Å²) in [7, 11) is -1.94. The maximum absolute atomic E-state index is 12.1. The van der Waals surface area contributed by atoms with E-state index in [0.29, 0.717) is 22.4 Å². The van der Waals surface area contributed by atoms with E-state index < -0.39 is 21.4 Å². The van der Waals surface area contributed by atoms with Gasteiger partial charge < -0.3 is 9.47 Å². The molecule has 1 heterocycles. The van der Waals surface area contributed by atoms with Gasteiger partial charge in [0.15, 0.2) is 15.6 Å². The Labute approximate surface area is 132 Å². The Hall–Kier alpha value is -0.920. The topological polar surface area (TPSA) is 69.7 Å². The predicted molar refractivity (Wildman–Crippen MR) is 82.7 cm³/mol. The van der Waals surface area contributed by atoms with Crippen molar-refractivity contribution in [2.75, 3.05) is 25.2 Å². The Bertz CT molecular complexity index is 620. The zero-order chi connectivity index (χ0) is 15.5. The number of carbonyl (C=O) groups is 1. The number of methoxy groups -OCH3 is 1. The number of ether oxygens (including phenoxy) is 2. The summed E-state index contributed by atoms with van der Waals surface area (Å²) in [5, 5.41) is 0. The monoisotopic (exact) mass is 376 g/mol. The van der Waals surface area contributed by atoms with E-state index in [0.717, 1.165) is 12.8 Å². The molecular formula is C14H17BrO5S. The molecule has 0 radical (unpaired) electrons. The van der Waals surface area contributed by atoms with Crippen molar-refractivity contribution < 1.29 is 22.7 Å². The summed E-state index contributed by atoms with van der Waals surface area (Å²) < 4.78 is 35.1. The minimum Gasteiger partial charge on any atom is -0.496 e. The normalized spacial score (nSPS) is 18.7. The predicted octanol–water partition coefficient (Wildman–Crippen LogP) is 2.23. The highest BCUT2D eigenvalue weighted by molar-refractivity contribution is 9.10. The van der Waals surface area contributed by atoms with Crippen LogP contribution in [-0.2, 0) is 14.6 Å². The zero-order valence-electron chi connectivity index (χ0n) is 11.7. The zero-order valence-corrected chi connectivity index (χ0v) is 14.1. The van der Waals surface area contributed by atoms with Crippen LogP contribution in [-0.4, -0.2) is 45.5 Å². The minimum absolute atomic E-state index is 0.0872. The molecule has 1 aromatic carbocycles. The first-order valence-corrected chi connectivity index (χ1v) is 9.21. The molecule has 1 saturated heterocycles. The first-order chi connectivity index (χ1) is 9.91. The Kier molecular flexibility index (Phi) is 5.40. The highest BCUT2D eigenvalue weighted by Gasteiger charge is 2.26. The standard InChI is InChI=1S/C14H17BrO5S/c1-19-14-5-4-10(7-12(14)15)13(16)9-21(17,18)8-11-3-2-6-20-11/h4-5,7,11H,2-3,6,8-9H2,1H3. The van der Waals surface area contributed by atoms with E-state index in [1.807, 2.05) is 0 Å². The SMILES string of the molecule is COc1ccc(C(=O)CS(=O)(=O)CC2CCCO2)cc1Br. The third-order valence-corrected chi connectivity index (χ3v) is 5.49. The van der Waals surface area contributed by atoms with E-state index in [4.69, 9.17) is 9.47 Å². The van der Waals surface area contributed by atoms with Crippen LogP contribution < -0.4 is 4.74 Å². The average molecular weight is 377 g/mol. The van der Waals surface area contributed by atoms with Crippen molar-refractivity contribution in [1.82, 2.24) is 0 Å². The number of hydrogen-bond donors (Lipinski definition) is 0. The molecule has 21 heavy (non-hydrogen) atoms. The van der Waals surface area contributed by atoms with Crippen molar-refractivity contribution in [2.24, 2.45) is 0 Å². The minimum atomic E-state index is -3.46. The van der Waals surface area contributed by atoms with E-state index in [-0.39, 0.29) is 11.9 Å². The molecule has 5 nitrogen and oxygen atoms in total. The van der Waals surface area contributed by atoms with E-state index in [2.05, 4.69) is 15.9 Å². The molecule has 1 fully saturated rings. The molecule has 0 saturated carbocycles. The van der Waals surface area contributed by atoms with Crippen LogP contribution in [0.5, 0.6) is 5.75 Å². The second kappa shape index (κ2) is 6.89. The van der Waals surface area contributed by atoms with Gasteiger partial charge >= 0.3 is 0 Å². The highest BCUT2D eigenvalue weighted by Crippen LogP contribution is 2.26. The summed E-state index contributed by atoms with van der Waals surface area (Å²) in [5.41, 5.74) is 0.346. The van der Waals surface area contributed by atoms with Gasteiger partial charge in [-0.25, -0.2) is 8.42 Å². The molecule has 1 aliphatic rings. The molecule has 1 atom stereocenters. The number of hydrogen-bond acceptors (Lipinski definition) is 5. The number of carbonyl (C=O) groups excluding carboxylic acids is 1. The summed E-state index contributed by atoms with van der Waals surface area (Å²) in [6.07, 6.45) is 1.34. The molecule has 7 heteroatoms. The van der Waals surface area contributed by atoms with Gasteiger partial charge in [0.2, 0.25) is 0 Å². The van der Waals surface area contributed by atoms with Crippen molar-refractivity contribution >= 4 is 31.6 Å². The number of rotatable bonds is 6. The maximum atomic E-state index is 12.1. The summed E-state index contributed by atoms with van der Waals surface area (Å²) in [5.74, 6) is -0.410. The number of ketones is 1. The highest BCUT2D eigenvalue weighted by atomic mass is 79.9. The molecule has 0 aromatic heterocycles. The number of sulfone groups is 1. The van der Waals surface area contributed by atoms with E-state index in [1.165, 1.54) is 7.11 Å². The molecule has 0 spiro atoms.